The number of halogens is 1. The zero-order chi connectivity index (χ0) is 15.0. The average molecular weight is 289 g/mol. The number of carbonyl (C=O) groups is 2. The molecule has 0 aliphatic heterocycles. The number of aliphatic carboxylic acids is 1. The first-order valence-electron chi connectivity index (χ1n) is 6.99. The van der Waals surface area contributed by atoms with Gasteiger partial charge in [-0.05, 0) is 36.0 Å². The first kappa shape index (κ1) is 13.8. The largest absolute Gasteiger partial charge is 0.481 e. The van der Waals surface area contributed by atoms with Crippen LogP contribution >= 0.6 is 0 Å². The second-order valence-electron chi connectivity index (χ2n) is 5.68. The molecule has 1 aromatic rings. The van der Waals surface area contributed by atoms with Crippen molar-refractivity contribution in [1.82, 2.24) is 5.32 Å². The lowest BCUT2D eigenvalue weighted by atomic mass is 9.82. The maximum absolute atomic E-state index is 12.8. The molecule has 1 saturated carbocycles. The second kappa shape index (κ2) is 5.31. The molecule has 2 bridgehead atoms. The van der Waals surface area contributed by atoms with Crippen LogP contribution in [0.15, 0.2) is 36.4 Å². The molecule has 2 unspecified atom stereocenters. The summed E-state index contributed by atoms with van der Waals surface area (Å²) < 4.78 is 12.8. The van der Waals surface area contributed by atoms with Gasteiger partial charge in [0.2, 0.25) is 5.91 Å². The molecule has 3 rings (SSSR count). The number of benzene rings is 1. The maximum Gasteiger partial charge on any atom is 0.307 e. The van der Waals surface area contributed by atoms with Gasteiger partial charge in [-0.25, -0.2) is 4.39 Å². The Morgan fingerprint density at radius 3 is 2.38 bits per heavy atom. The van der Waals surface area contributed by atoms with Crippen LogP contribution in [0, 0.1) is 29.5 Å². The van der Waals surface area contributed by atoms with E-state index in [1.165, 1.54) is 12.1 Å². The summed E-state index contributed by atoms with van der Waals surface area (Å²) >= 11 is 0. The van der Waals surface area contributed by atoms with E-state index in [4.69, 9.17) is 0 Å². The van der Waals surface area contributed by atoms with E-state index in [1.54, 1.807) is 12.1 Å². The molecule has 1 fully saturated rings. The molecule has 110 valence electrons. The summed E-state index contributed by atoms with van der Waals surface area (Å²) in [6.45, 7) is 0.281. The minimum Gasteiger partial charge on any atom is -0.481 e. The fraction of sp³-hybridized carbons (Fsp3) is 0.375. The van der Waals surface area contributed by atoms with Gasteiger partial charge in [-0.3, -0.25) is 9.59 Å². The Bertz CT molecular complexity index is 596. The van der Waals surface area contributed by atoms with Crippen LogP contribution in [0.25, 0.3) is 0 Å². The zero-order valence-corrected chi connectivity index (χ0v) is 11.3. The number of rotatable bonds is 4. The Morgan fingerprint density at radius 1 is 1.14 bits per heavy atom. The number of carbonyl (C=O) groups excluding carboxylic acids is 1. The monoisotopic (exact) mass is 289 g/mol. The van der Waals surface area contributed by atoms with Crippen LogP contribution in [0.2, 0.25) is 0 Å². The topological polar surface area (TPSA) is 66.4 Å². The maximum atomic E-state index is 12.8. The van der Waals surface area contributed by atoms with Crippen molar-refractivity contribution < 1.29 is 19.1 Å². The van der Waals surface area contributed by atoms with Gasteiger partial charge in [0.15, 0.2) is 0 Å². The predicted octanol–water partition coefficient (Wildman–Crippen LogP) is 1.96. The average Bonchev–Trinajstić information content (AvgIpc) is 3.06. The first-order chi connectivity index (χ1) is 10.1. The fourth-order valence-corrected chi connectivity index (χ4v) is 3.43. The summed E-state index contributed by atoms with van der Waals surface area (Å²) in [5.41, 5.74) is 0.787. The van der Waals surface area contributed by atoms with Gasteiger partial charge >= 0.3 is 5.97 Å². The van der Waals surface area contributed by atoms with Crippen LogP contribution in [0.3, 0.4) is 0 Å². The first-order valence-corrected chi connectivity index (χ1v) is 6.99. The highest BCUT2D eigenvalue weighted by Gasteiger charge is 2.51. The van der Waals surface area contributed by atoms with Crippen molar-refractivity contribution in [2.75, 3.05) is 0 Å². The minimum atomic E-state index is -0.909. The van der Waals surface area contributed by atoms with Crippen LogP contribution in [0.5, 0.6) is 0 Å². The third-order valence-corrected chi connectivity index (χ3v) is 4.43. The molecular weight excluding hydrogens is 273 g/mol. The van der Waals surface area contributed by atoms with Gasteiger partial charge in [0.25, 0.3) is 0 Å². The molecule has 0 saturated heterocycles. The van der Waals surface area contributed by atoms with Crippen LogP contribution in [0.4, 0.5) is 4.39 Å². The van der Waals surface area contributed by atoms with Gasteiger partial charge in [-0.1, -0.05) is 24.3 Å². The highest BCUT2D eigenvalue weighted by atomic mass is 19.1. The highest BCUT2D eigenvalue weighted by molar-refractivity contribution is 5.86. The summed E-state index contributed by atoms with van der Waals surface area (Å²) in [5.74, 6) is -2.61. The molecule has 2 aliphatic rings. The van der Waals surface area contributed by atoms with Crippen LogP contribution in [-0.2, 0) is 16.1 Å². The number of hydrogen-bond donors (Lipinski definition) is 2. The van der Waals surface area contributed by atoms with E-state index in [0.29, 0.717) is 0 Å². The SMILES string of the molecule is O=C(O)[C@@H]1C2C=CC(C2)[C@@H]1C(=O)NCc1ccc(F)cc1. The smallest absolute Gasteiger partial charge is 0.307 e. The van der Waals surface area contributed by atoms with E-state index in [9.17, 15) is 19.1 Å². The van der Waals surface area contributed by atoms with Gasteiger partial charge in [0, 0.05) is 6.54 Å². The van der Waals surface area contributed by atoms with Crippen molar-refractivity contribution in [2.24, 2.45) is 23.7 Å². The van der Waals surface area contributed by atoms with E-state index in [1.807, 2.05) is 12.2 Å². The molecule has 0 radical (unpaired) electrons. The summed E-state index contributed by atoms with van der Waals surface area (Å²) in [5, 5.41) is 12.1. The number of allylic oxidation sites excluding steroid dienone is 2. The summed E-state index contributed by atoms with van der Waals surface area (Å²) in [6, 6.07) is 5.87. The van der Waals surface area contributed by atoms with Crippen molar-refractivity contribution in [3.05, 3.63) is 47.8 Å². The van der Waals surface area contributed by atoms with Crippen LogP contribution in [-0.4, -0.2) is 17.0 Å². The van der Waals surface area contributed by atoms with Gasteiger partial charge in [-0.2, -0.15) is 0 Å². The van der Waals surface area contributed by atoms with E-state index in [2.05, 4.69) is 5.32 Å². The lowest BCUT2D eigenvalue weighted by Gasteiger charge is -2.23. The lowest BCUT2D eigenvalue weighted by Crippen LogP contribution is -2.39. The minimum absolute atomic E-state index is 0.0179. The highest BCUT2D eigenvalue weighted by Crippen LogP contribution is 2.48. The van der Waals surface area contributed by atoms with E-state index in [0.717, 1.165) is 12.0 Å². The molecular formula is C16H16FNO3. The number of carboxylic acid groups (broad SMARTS) is 1. The number of carboxylic acids is 1. The molecule has 0 heterocycles. The Morgan fingerprint density at radius 2 is 1.76 bits per heavy atom. The van der Waals surface area contributed by atoms with Gasteiger partial charge in [-0.15, -0.1) is 0 Å². The number of nitrogens with one attached hydrogen (secondary N) is 1. The van der Waals surface area contributed by atoms with Crippen molar-refractivity contribution in [3.63, 3.8) is 0 Å². The van der Waals surface area contributed by atoms with Crippen molar-refractivity contribution in [1.29, 1.82) is 0 Å². The summed E-state index contributed by atoms with van der Waals surface area (Å²) in [4.78, 5) is 23.7. The Hall–Kier alpha value is -2.17. The van der Waals surface area contributed by atoms with E-state index < -0.39 is 17.8 Å². The molecule has 21 heavy (non-hydrogen) atoms. The summed E-state index contributed by atoms with van der Waals surface area (Å²) in [6.07, 6.45) is 4.60. The second-order valence-corrected chi connectivity index (χ2v) is 5.68. The third kappa shape index (κ3) is 2.55. The van der Waals surface area contributed by atoms with Gasteiger partial charge < -0.3 is 10.4 Å². The van der Waals surface area contributed by atoms with Crippen molar-refractivity contribution in [2.45, 2.75) is 13.0 Å². The van der Waals surface area contributed by atoms with Crippen LogP contribution < -0.4 is 5.32 Å². The Labute approximate surface area is 121 Å². The van der Waals surface area contributed by atoms with Crippen LogP contribution in [0.1, 0.15) is 12.0 Å². The molecule has 4 nitrogen and oxygen atoms in total. The zero-order valence-electron chi connectivity index (χ0n) is 11.3. The molecule has 2 N–H and O–H groups in total. The molecule has 0 spiro atoms. The molecule has 0 aromatic heterocycles. The van der Waals surface area contributed by atoms with Crippen molar-refractivity contribution >= 4 is 11.9 Å². The van der Waals surface area contributed by atoms with Gasteiger partial charge in [0.1, 0.15) is 5.82 Å². The number of fused-ring (bicyclic) bond motifs is 2. The molecule has 1 amide bonds. The van der Waals surface area contributed by atoms with E-state index in [-0.39, 0.29) is 30.1 Å². The van der Waals surface area contributed by atoms with E-state index >= 15 is 0 Å². The fourth-order valence-electron chi connectivity index (χ4n) is 3.43. The standard InChI is InChI=1S/C16H16FNO3/c17-12-5-1-9(2-6-12)8-18-15(19)13-10-3-4-11(7-10)14(13)16(20)21/h1-6,10-11,13-14H,7-8H2,(H,18,19)(H,20,21)/t10?,11?,13-,14+/m0/s1. The molecule has 2 aliphatic carbocycles. The Kier molecular flexibility index (Phi) is 3.49. The summed E-state index contributed by atoms with van der Waals surface area (Å²) in [7, 11) is 0. The molecule has 1 aromatic carbocycles. The quantitative estimate of drug-likeness (QED) is 0.833. The molecule has 4 atom stereocenters. The molecule has 5 heteroatoms. The number of amides is 1. The third-order valence-electron chi connectivity index (χ3n) is 4.43. The lowest BCUT2D eigenvalue weighted by molar-refractivity contribution is -0.147. The Balaban J connectivity index is 1.66. The predicted molar refractivity (Wildman–Crippen MR) is 73.6 cm³/mol. The number of hydrogen-bond acceptors (Lipinski definition) is 2. The normalized spacial score (nSPS) is 29.6. The van der Waals surface area contributed by atoms with Gasteiger partial charge in [0.05, 0.1) is 11.8 Å². The van der Waals surface area contributed by atoms with Crippen molar-refractivity contribution in [3.8, 4) is 0 Å².